The zero-order chi connectivity index (χ0) is 10.9. The number of esters is 1. The number of hydrogen-bond donors (Lipinski definition) is 0. The van der Waals surface area contributed by atoms with E-state index in [4.69, 9.17) is 10.3 Å². The molecule has 3 fully saturated rings. The quantitative estimate of drug-likeness (QED) is 0.310. The number of rotatable bonds is 3. The van der Waals surface area contributed by atoms with Gasteiger partial charge >= 0.3 is 5.97 Å². The van der Waals surface area contributed by atoms with Gasteiger partial charge in [-0.05, 0) is 36.6 Å². The van der Waals surface area contributed by atoms with Crippen LogP contribution >= 0.6 is 0 Å². The first-order chi connectivity index (χ1) is 7.16. The molecule has 0 unspecified atom stereocenters. The van der Waals surface area contributed by atoms with E-state index in [-0.39, 0.29) is 16.8 Å². The van der Waals surface area contributed by atoms with E-state index in [1.807, 2.05) is 0 Å². The summed E-state index contributed by atoms with van der Waals surface area (Å²) in [6.07, 6.45) is 4.72. The fourth-order valence-electron chi connectivity index (χ4n) is 3.37. The van der Waals surface area contributed by atoms with Crippen molar-refractivity contribution < 1.29 is 9.53 Å². The topological polar surface area (TPSA) is 75.1 Å². The number of azide groups is 1. The molecule has 0 amide bonds. The van der Waals surface area contributed by atoms with Crippen molar-refractivity contribution in [2.75, 3.05) is 13.7 Å². The molecule has 0 spiro atoms. The maximum Gasteiger partial charge on any atom is 0.311 e. The van der Waals surface area contributed by atoms with Crippen molar-refractivity contribution in [2.24, 2.45) is 15.9 Å². The lowest BCUT2D eigenvalue weighted by atomic mass is 9.46. The molecule has 0 aromatic carbocycles. The number of carbonyl (C=O) groups excluding carboxylic acids is 1. The van der Waals surface area contributed by atoms with Crippen LogP contribution in [0.1, 0.15) is 32.1 Å². The standard InChI is InChI=1S/C10H15N3O2/c1-15-8(14)10-4-2-3-9(5-10,6-10)7-12-13-11/h2-7H2,1H3. The highest BCUT2D eigenvalue weighted by Gasteiger charge is 2.61. The molecule has 5 heteroatoms. The summed E-state index contributed by atoms with van der Waals surface area (Å²) < 4.78 is 4.84. The van der Waals surface area contributed by atoms with Gasteiger partial charge in [-0.25, -0.2) is 0 Å². The largest absolute Gasteiger partial charge is 0.469 e. The van der Waals surface area contributed by atoms with Crippen LogP contribution < -0.4 is 0 Å². The van der Waals surface area contributed by atoms with Crippen LogP contribution in [0.4, 0.5) is 0 Å². The first kappa shape index (κ1) is 10.3. The molecule has 0 N–H and O–H groups in total. The average Bonchev–Trinajstić information content (AvgIpc) is 2.24. The number of carbonyl (C=O) groups is 1. The highest BCUT2D eigenvalue weighted by molar-refractivity contribution is 5.78. The molecule has 3 rings (SSSR count). The van der Waals surface area contributed by atoms with Crippen molar-refractivity contribution >= 4 is 5.97 Å². The first-order valence-corrected chi connectivity index (χ1v) is 5.26. The van der Waals surface area contributed by atoms with E-state index in [1.165, 1.54) is 7.11 Å². The van der Waals surface area contributed by atoms with E-state index in [0.29, 0.717) is 6.54 Å². The fraction of sp³-hybridized carbons (Fsp3) is 0.900. The van der Waals surface area contributed by atoms with Crippen molar-refractivity contribution in [2.45, 2.75) is 32.1 Å². The van der Waals surface area contributed by atoms with E-state index >= 15 is 0 Å². The summed E-state index contributed by atoms with van der Waals surface area (Å²) in [5, 5.41) is 3.65. The Bertz CT molecular complexity index is 328. The lowest BCUT2D eigenvalue weighted by Crippen LogP contribution is -2.56. The van der Waals surface area contributed by atoms with Gasteiger partial charge in [0.1, 0.15) is 0 Å². The van der Waals surface area contributed by atoms with Gasteiger partial charge in [0.05, 0.1) is 12.5 Å². The molecule has 3 aliphatic carbocycles. The van der Waals surface area contributed by atoms with E-state index in [9.17, 15) is 4.79 Å². The van der Waals surface area contributed by atoms with Crippen LogP contribution in [0.15, 0.2) is 5.11 Å². The molecule has 82 valence electrons. The zero-order valence-electron chi connectivity index (χ0n) is 8.90. The molecule has 3 aliphatic rings. The molecule has 5 nitrogen and oxygen atoms in total. The molecule has 0 aliphatic heterocycles. The van der Waals surface area contributed by atoms with Crippen LogP contribution in [0.5, 0.6) is 0 Å². The van der Waals surface area contributed by atoms with E-state index in [0.717, 1.165) is 32.1 Å². The SMILES string of the molecule is COC(=O)C12CCCC(CN=[N+]=[N-])(C1)C2. The van der Waals surface area contributed by atoms with Gasteiger partial charge in [0, 0.05) is 11.5 Å². The third-order valence-corrected chi connectivity index (χ3v) is 3.88. The van der Waals surface area contributed by atoms with Crippen molar-refractivity contribution in [1.29, 1.82) is 0 Å². The molecule has 0 atom stereocenters. The number of ether oxygens (including phenoxy) is 1. The Hall–Kier alpha value is -1.22. The van der Waals surface area contributed by atoms with Gasteiger partial charge in [-0.2, -0.15) is 0 Å². The molecule has 2 bridgehead atoms. The molecule has 0 heterocycles. The van der Waals surface area contributed by atoms with Crippen LogP contribution in [0.25, 0.3) is 10.4 Å². The number of nitrogens with zero attached hydrogens (tertiary/aromatic N) is 3. The maximum absolute atomic E-state index is 11.6. The van der Waals surface area contributed by atoms with E-state index < -0.39 is 0 Å². The van der Waals surface area contributed by atoms with Gasteiger partial charge in [-0.15, -0.1) is 0 Å². The van der Waals surface area contributed by atoms with Crippen LogP contribution in [-0.2, 0) is 9.53 Å². The minimum Gasteiger partial charge on any atom is -0.469 e. The lowest BCUT2D eigenvalue weighted by Gasteiger charge is -2.58. The normalized spacial score (nSPS) is 37.4. The van der Waals surface area contributed by atoms with Gasteiger partial charge in [-0.3, -0.25) is 4.79 Å². The summed E-state index contributed by atoms with van der Waals surface area (Å²) in [5.74, 6) is -0.0845. The predicted molar refractivity (Wildman–Crippen MR) is 54.0 cm³/mol. The zero-order valence-corrected chi connectivity index (χ0v) is 8.90. The smallest absolute Gasteiger partial charge is 0.311 e. The summed E-state index contributed by atoms with van der Waals surface area (Å²) in [6.45, 7) is 0.530. The highest BCUT2D eigenvalue weighted by Crippen LogP contribution is 2.64. The van der Waals surface area contributed by atoms with Gasteiger partial charge < -0.3 is 4.74 Å². The van der Waals surface area contributed by atoms with Crippen LogP contribution in [0.2, 0.25) is 0 Å². The van der Waals surface area contributed by atoms with Crippen LogP contribution in [0, 0.1) is 10.8 Å². The van der Waals surface area contributed by atoms with E-state index in [2.05, 4.69) is 10.0 Å². The van der Waals surface area contributed by atoms with E-state index in [1.54, 1.807) is 0 Å². The Balaban J connectivity index is 2.07. The molecule has 0 radical (unpaired) electrons. The summed E-state index contributed by atoms with van der Waals surface area (Å²) in [5.41, 5.74) is 8.16. The van der Waals surface area contributed by atoms with Crippen molar-refractivity contribution in [1.82, 2.24) is 0 Å². The second-order valence-electron chi connectivity index (χ2n) is 4.87. The Kier molecular flexibility index (Phi) is 2.35. The average molecular weight is 209 g/mol. The Morgan fingerprint density at radius 1 is 1.53 bits per heavy atom. The molecule has 0 saturated heterocycles. The molecular weight excluding hydrogens is 194 g/mol. The molecular formula is C10H15N3O2. The minimum absolute atomic E-state index is 0.0845. The maximum atomic E-state index is 11.6. The second kappa shape index (κ2) is 3.42. The summed E-state index contributed by atoms with van der Waals surface area (Å²) in [6, 6.07) is 0. The molecule has 15 heavy (non-hydrogen) atoms. The summed E-state index contributed by atoms with van der Waals surface area (Å²) in [4.78, 5) is 14.4. The highest BCUT2D eigenvalue weighted by atomic mass is 16.5. The number of fused-ring (bicyclic) bond motifs is 2. The van der Waals surface area contributed by atoms with Crippen molar-refractivity contribution in [3.8, 4) is 0 Å². The monoisotopic (exact) mass is 209 g/mol. The predicted octanol–water partition coefficient (Wildman–Crippen LogP) is 2.42. The van der Waals surface area contributed by atoms with Crippen LogP contribution in [-0.4, -0.2) is 19.6 Å². The summed E-state index contributed by atoms with van der Waals surface area (Å²) >= 11 is 0. The fourth-order valence-corrected chi connectivity index (χ4v) is 3.37. The Labute approximate surface area is 88.4 Å². The Morgan fingerprint density at radius 2 is 2.27 bits per heavy atom. The van der Waals surface area contributed by atoms with Gasteiger partial charge in [-0.1, -0.05) is 11.5 Å². The third-order valence-electron chi connectivity index (χ3n) is 3.88. The third kappa shape index (κ3) is 1.47. The first-order valence-electron chi connectivity index (χ1n) is 5.26. The Morgan fingerprint density at radius 3 is 2.87 bits per heavy atom. The summed E-state index contributed by atoms with van der Waals surface area (Å²) in [7, 11) is 1.44. The molecule has 0 aromatic heterocycles. The number of hydrogen-bond acceptors (Lipinski definition) is 3. The minimum atomic E-state index is -0.252. The molecule has 3 saturated carbocycles. The second-order valence-corrected chi connectivity index (χ2v) is 4.87. The van der Waals surface area contributed by atoms with Crippen LogP contribution in [0.3, 0.4) is 0 Å². The van der Waals surface area contributed by atoms with Gasteiger partial charge in [0.2, 0.25) is 0 Å². The van der Waals surface area contributed by atoms with Gasteiger partial charge in [0.25, 0.3) is 0 Å². The van der Waals surface area contributed by atoms with Crippen molar-refractivity contribution in [3.63, 3.8) is 0 Å². The lowest BCUT2D eigenvalue weighted by molar-refractivity contribution is -0.178. The number of methoxy groups -OCH3 is 1. The van der Waals surface area contributed by atoms with Crippen molar-refractivity contribution in [3.05, 3.63) is 10.4 Å². The molecule has 0 aromatic rings. The van der Waals surface area contributed by atoms with Gasteiger partial charge in [0.15, 0.2) is 0 Å².